The lowest BCUT2D eigenvalue weighted by Gasteiger charge is -2.12. The second-order valence-electron chi connectivity index (χ2n) is 6.54. The molecule has 0 bridgehead atoms. The molecule has 2 amide bonds. The highest BCUT2D eigenvalue weighted by atomic mass is 19.3. The van der Waals surface area contributed by atoms with Gasteiger partial charge in [-0.25, -0.2) is 4.79 Å². The fraction of sp³-hybridized carbons (Fsp3) is 0.238. The van der Waals surface area contributed by atoms with Crippen molar-refractivity contribution in [2.75, 3.05) is 17.2 Å². The molecule has 0 aliphatic heterocycles. The quantitative estimate of drug-likeness (QED) is 0.486. The van der Waals surface area contributed by atoms with Gasteiger partial charge < -0.3 is 20.1 Å². The number of hydrogen-bond acceptors (Lipinski definition) is 6. The Morgan fingerprint density at radius 1 is 0.935 bits per heavy atom. The van der Waals surface area contributed by atoms with Crippen molar-refractivity contribution >= 4 is 34.9 Å². The van der Waals surface area contributed by atoms with Gasteiger partial charge in [0.25, 0.3) is 0 Å². The Labute approximate surface area is 176 Å². The van der Waals surface area contributed by atoms with Crippen LogP contribution in [0.4, 0.5) is 20.2 Å². The van der Waals surface area contributed by atoms with Gasteiger partial charge in [-0.2, -0.15) is 8.78 Å². The average molecular weight is 434 g/mol. The molecule has 0 saturated carbocycles. The van der Waals surface area contributed by atoms with Crippen molar-refractivity contribution in [3.05, 3.63) is 53.1 Å². The number of anilines is 2. The molecule has 0 saturated heterocycles. The summed E-state index contributed by atoms with van der Waals surface area (Å²) in [6, 6.07) is 8.12. The van der Waals surface area contributed by atoms with Crippen molar-refractivity contribution < 1.29 is 37.4 Å². The molecule has 0 aliphatic rings. The summed E-state index contributed by atoms with van der Waals surface area (Å²) in [5.74, 6) is -2.80. The first kappa shape index (κ1) is 23.5. The van der Waals surface area contributed by atoms with Crippen LogP contribution in [0, 0.1) is 6.92 Å². The lowest BCUT2D eigenvalue weighted by atomic mass is 10.1. The number of carbonyl (C=O) groups excluding carboxylic acids is 4. The van der Waals surface area contributed by atoms with E-state index < -0.39 is 36.8 Å². The van der Waals surface area contributed by atoms with Gasteiger partial charge in [0, 0.05) is 25.2 Å². The summed E-state index contributed by atoms with van der Waals surface area (Å²) in [6.45, 7) is 0.333. The topological polar surface area (TPSA) is 111 Å². The molecule has 0 heterocycles. The van der Waals surface area contributed by atoms with Crippen molar-refractivity contribution in [2.24, 2.45) is 0 Å². The van der Waals surface area contributed by atoms with E-state index in [9.17, 15) is 28.0 Å². The molecule has 31 heavy (non-hydrogen) atoms. The summed E-state index contributed by atoms with van der Waals surface area (Å²) in [7, 11) is 0. The van der Waals surface area contributed by atoms with Gasteiger partial charge in [-0.05, 0) is 37.3 Å². The molecule has 2 rings (SSSR count). The van der Waals surface area contributed by atoms with Gasteiger partial charge >= 0.3 is 12.6 Å². The lowest BCUT2D eigenvalue weighted by Crippen LogP contribution is -2.17. The maximum Gasteiger partial charge on any atom is 0.387 e. The number of halogens is 2. The van der Waals surface area contributed by atoms with Crippen LogP contribution in [0.3, 0.4) is 0 Å². The van der Waals surface area contributed by atoms with Crippen LogP contribution < -0.4 is 15.4 Å². The number of ether oxygens (including phenoxy) is 2. The first-order chi connectivity index (χ1) is 14.5. The molecule has 10 heteroatoms. The van der Waals surface area contributed by atoms with E-state index in [1.165, 1.54) is 50.2 Å². The summed E-state index contributed by atoms with van der Waals surface area (Å²) >= 11 is 0. The van der Waals surface area contributed by atoms with Crippen LogP contribution in [0.5, 0.6) is 5.75 Å². The van der Waals surface area contributed by atoms with Gasteiger partial charge in [-0.15, -0.1) is 0 Å². The number of rotatable bonds is 8. The SMILES string of the molecule is CC(=O)Nc1cc(NC(C)=O)cc(C(=O)OCC(=O)c2cc(C)ccc2OC(F)F)c1. The minimum atomic E-state index is -3.12. The van der Waals surface area contributed by atoms with Crippen LogP contribution in [0.25, 0.3) is 0 Å². The maximum absolute atomic E-state index is 12.6. The third kappa shape index (κ3) is 7.18. The molecule has 2 aromatic carbocycles. The van der Waals surface area contributed by atoms with Crippen molar-refractivity contribution in [3.63, 3.8) is 0 Å². The number of Topliss-reactive ketones (excluding diaryl/α,β-unsaturated/α-hetero) is 1. The highest BCUT2D eigenvalue weighted by Crippen LogP contribution is 2.24. The minimum Gasteiger partial charge on any atom is -0.454 e. The molecule has 0 fully saturated rings. The smallest absolute Gasteiger partial charge is 0.387 e. The fourth-order valence-corrected chi connectivity index (χ4v) is 2.65. The zero-order valence-electron chi connectivity index (χ0n) is 17.0. The number of carbonyl (C=O) groups is 4. The van der Waals surface area contributed by atoms with Gasteiger partial charge in [-0.1, -0.05) is 11.6 Å². The van der Waals surface area contributed by atoms with E-state index in [2.05, 4.69) is 15.4 Å². The van der Waals surface area contributed by atoms with Gasteiger partial charge in [0.05, 0.1) is 11.1 Å². The molecular weight excluding hydrogens is 414 g/mol. The van der Waals surface area contributed by atoms with Gasteiger partial charge in [0.15, 0.2) is 6.61 Å². The Balaban J connectivity index is 2.20. The van der Waals surface area contributed by atoms with Crippen molar-refractivity contribution in [3.8, 4) is 5.75 Å². The molecular formula is C21H20F2N2O6. The molecule has 0 aromatic heterocycles. The van der Waals surface area contributed by atoms with Crippen LogP contribution in [0.1, 0.15) is 40.1 Å². The molecule has 8 nitrogen and oxygen atoms in total. The molecule has 0 radical (unpaired) electrons. The number of benzene rings is 2. The molecule has 164 valence electrons. The zero-order chi connectivity index (χ0) is 23.1. The number of alkyl halides is 2. The molecule has 2 aromatic rings. The van der Waals surface area contributed by atoms with Crippen molar-refractivity contribution in [1.82, 2.24) is 0 Å². The standard InChI is InChI=1S/C21H20F2N2O6/c1-11-4-5-19(31-21(22)23)17(6-11)18(28)10-30-20(29)14-7-15(24-12(2)26)9-16(8-14)25-13(3)27/h4-9,21H,10H2,1-3H3,(H,24,26)(H,25,27). The summed E-state index contributed by atoms with van der Waals surface area (Å²) in [5.41, 5.74) is 0.876. The third-order valence-corrected chi connectivity index (χ3v) is 3.80. The number of esters is 1. The van der Waals surface area contributed by atoms with Gasteiger partial charge in [-0.3, -0.25) is 14.4 Å². The minimum absolute atomic E-state index is 0.0453. The number of hydrogen-bond donors (Lipinski definition) is 2. The molecule has 2 N–H and O–H groups in total. The first-order valence-corrected chi connectivity index (χ1v) is 9.01. The Morgan fingerprint density at radius 3 is 2.03 bits per heavy atom. The monoisotopic (exact) mass is 434 g/mol. The van der Waals surface area contributed by atoms with Crippen LogP contribution >= 0.6 is 0 Å². The highest BCUT2D eigenvalue weighted by molar-refractivity contribution is 6.02. The van der Waals surface area contributed by atoms with Gasteiger partial charge in [0.1, 0.15) is 5.75 Å². The lowest BCUT2D eigenvalue weighted by molar-refractivity contribution is -0.115. The van der Waals surface area contributed by atoms with Gasteiger partial charge in [0.2, 0.25) is 17.6 Å². The Hall–Kier alpha value is -3.82. The third-order valence-electron chi connectivity index (χ3n) is 3.80. The molecule has 0 atom stereocenters. The predicted molar refractivity (Wildman–Crippen MR) is 107 cm³/mol. The number of ketones is 1. The Morgan fingerprint density at radius 2 is 1.52 bits per heavy atom. The molecule has 0 aliphatic carbocycles. The van der Waals surface area contributed by atoms with E-state index >= 15 is 0 Å². The largest absolute Gasteiger partial charge is 0.454 e. The maximum atomic E-state index is 12.6. The van der Waals surface area contributed by atoms with E-state index in [1.807, 2.05) is 0 Å². The fourth-order valence-electron chi connectivity index (χ4n) is 2.65. The molecule has 0 unspecified atom stereocenters. The molecule has 0 spiro atoms. The van der Waals surface area contributed by atoms with Crippen LogP contribution in [0.2, 0.25) is 0 Å². The van der Waals surface area contributed by atoms with E-state index in [0.717, 1.165) is 0 Å². The van der Waals surface area contributed by atoms with Crippen LogP contribution in [0.15, 0.2) is 36.4 Å². The van der Waals surface area contributed by atoms with Crippen LogP contribution in [-0.4, -0.2) is 36.8 Å². The summed E-state index contributed by atoms with van der Waals surface area (Å²) in [4.78, 5) is 47.5. The normalized spacial score (nSPS) is 10.4. The Bertz CT molecular complexity index is 989. The number of nitrogens with one attached hydrogen (secondary N) is 2. The average Bonchev–Trinajstić information content (AvgIpc) is 2.65. The summed E-state index contributed by atoms with van der Waals surface area (Å²) in [5, 5.41) is 4.97. The van der Waals surface area contributed by atoms with Crippen LogP contribution in [-0.2, 0) is 14.3 Å². The second kappa shape index (κ2) is 10.3. The summed E-state index contributed by atoms with van der Waals surface area (Å²) < 4.78 is 34.5. The second-order valence-corrected chi connectivity index (χ2v) is 6.54. The van der Waals surface area contributed by atoms with Crippen molar-refractivity contribution in [2.45, 2.75) is 27.4 Å². The number of amides is 2. The Kier molecular flexibility index (Phi) is 7.78. The number of aryl methyl sites for hydroxylation is 1. The van der Waals surface area contributed by atoms with E-state index in [4.69, 9.17) is 4.74 Å². The van der Waals surface area contributed by atoms with E-state index in [-0.39, 0.29) is 28.3 Å². The van der Waals surface area contributed by atoms with E-state index in [1.54, 1.807) is 6.92 Å². The van der Waals surface area contributed by atoms with Crippen molar-refractivity contribution in [1.29, 1.82) is 0 Å². The van der Waals surface area contributed by atoms with E-state index in [0.29, 0.717) is 5.56 Å². The zero-order valence-corrected chi connectivity index (χ0v) is 17.0. The predicted octanol–water partition coefficient (Wildman–Crippen LogP) is 3.55. The first-order valence-electron chi connectivity index (χ1n) is 9.01. The summed E-state index contributed by atoms with van der Waals surface area (Å²) in [6.07, 6.45) is 0. The highest BCUT2D eigenvalue weighted by Gasteiger charge is 2.19.